The molecule has 0 atom stereocenters. The zero-order valence-electron chi connectivity index (χ0n) is 8.82. The topological polar surface area (TPSA) is 69.4 Å². The maximum atomic E-state index is 11.5. The van der Waals surface area contributed by atoms with Crippen molar-refractivity contribution in [1.82, 2.24) is 0 Å². The number of hydrogen-bond acceptors (Lipinski definition) is 4. The fraction of sp³-hybridized carbons (Fsp3) is 0.300. The third-order valence-electron chi connectivity index (χ3n) is 2.06. The van der Waals surface area contributed by atoms with Crippen LogP contribution in [0.2, 0.25) is 5.02 Å². The lowest BCUT2D eigenvalue weighted by Gasteiger charge is -2.06. The van der Waals surface area contributed by atoms with Crippen molar-refractivity contribution in [3.63, 3.8) is 0 Å². The molecule has 0 aliphatic carbocycles. The van der Waals surface area contributed by atoms with E-state index in [4.69, 9.17) is 16.3 Å². The van der Waals surface area contributed by atoms with Crippen molar-refractivity contribution in [2.24, 2.45) is 0 Å². The fourth-order valence-corrected chi connectivity index (χ4v) is 1.59. The molecule has 0 saturated heterocycles. The molecule has 0 heterocycles. The normalized spacial score (nSPS) is 9.94. The number of halogens is 1. The Bertz CT molecular complexity index is 445. The van der Waals surface area contributed by atoms with E-state index in [9.17, 15) is 14.9 Å². The highest BCUT2D eigenvalue weighted by Crippen LogP contribution is 2.30. The van der Waals surface area contributed by atoms with E-state index < -0.39 is 10.9 Å². The van der Waals surface area contributed by atoms with Crippen LogP contribution in [0.15, 0.2) is 12.1 Å². The monoisotopic (exact) mass is 243 g/mol. The molecule has 5 nitrogen and oxygen atoms in total. The molecule has 1 rings (SSSR count). The van der Waals surface area contributed by atoms with Gasteiger partial charge in [-0.15, -0.1) is 0 Å². The first-order valence-electron chi connectivity index (χ1n) is 4.59. The first-order chi connectivity index (χ1) is 7.49. The first-order valence-corrected chi connectivity index (χ1v) is 4.97. The number of nitrogens with zero attached hydrogens (tertiary/aromatic N) is 1. The minimum Gasteiger partial charge on any atom is -0.462 e. The quantitative estimate of drug-likeness (QED) is 0.465. The van der Waals surface area contributed by atoms with E-state index in [-0.39, 0.29) is 28.4 Å². The van der Waals surface area contributed by atoms with Gasteiger partial charge in [-0.2, -0.15) is 0 Å². The summed E-state index contributed by atoms with van der Waals surface area (Å²) in [4.78, 5) is 21.6. The first kappa shape index (κ1) is 12.4. The molecule has 1 aromatic rings. The molecule has 0 bridgehead atoms. The Labute approximate surface area is 97.1 Å². The molecule has 1 aromatic carbocycles. The van der Waals surface area contributed by atoms with Gasteiger partial charge in [-0.25, -0.2) is 4.79 Å². The number of nitro benzene ring substituents is 1. The van der Waals surface area contributed by atoms with Crippen LogP contribution in [0.3, 0.4) is 0 Å². The summed E-state index contributed by atoms with van der Waals surface area (Å²) in [6.07, 6.45) is 0. The Morgan fingerprint density at radius 2 is 2.19 bits per heavy atom. The summed E-state index contributed by atoms with van der Waals surface area (Å²) in [5.74, 6) is -0.584. The van der Waals surface area contributed by atoms with Crippen LogP contribution < -0.4 is 0 Å². The van der Waals surface area contributed by atoms with Gasteiger partial charge in [0.05, 0.1) is 17.1 Å². The van der Waals surface area contributed by atoms with Gasteiger partial charge in [0.25, 0.3) is 5.69 Å². The van der Waals surface area contributed by atoms with E-state index in [1.54, 1.807) is 6.92 Å². The Balaban J connectivity index is 3.29. The minimum absolute atomic E-state index is 0.00977. The van der Waals surface area contributed by atoms with Gasteiger partial charge in [0.2, 0.25) is 0 Å². The summed E-state index contributed by atoms with van der Waals surface area (Å²) >= 11 is 5.68. The number of nitro groups is 1. The van der Waals surface area contributed by atoms with Crippen LogP contribution in [0.1, 0.15) is 22.8 Å². The zero-order chi connectivity index (χ0) is 12.3. The fourth-order valence-electron chi connectivity index (χ4n) is 1.32. The number of esters is 1. The lowest BCUT2D eigenvalue weighted by Crippen LogP contribution is -2.08. The predicted molar refractivity (Wildman–Crippen MR) is 58.8 cm³/mol. The Morgan fingerprint density at radius 1 is 1.56 bits per heavy atom. The highest BCUT2D eigenvalue weighted by Gasteiger charge is 2.22. The van der Waals surface area contributed by atoms with Crippen molar-refractivity contribution in [1.29, 1.82) is 0 Å². The molecule has 6 heteroatoms. The lowest BCUT2D eigenvalue weighted by atomic mass is 10.1. The molecule has 0 aromatic heterocycles. The molecular formula is C10H10ClNO4. The van der Waals surface area contributed by atoms with E-state index in [2.05, 4.69) is 0 Å². The molecule has 0 fully saturated rings. The second-order valence-corrected chi connectivity index (χ2v) is 3.45. The number of carbonyl (C=O) groups excluding carboxylic acids is 1. The van der Waals surface area contributed by atoms with Crippen molar-refractivity contribution in [2.75, 3.05) is 6.61 Å². The van der Waals surface area contributed by atoms with Gasteiger partial charge in [0.1, 0.15) is 5.02 Å². The number of benzene rings is 1. The highest BCUT2D eigenvalue weighted by atomic mass is 35.5. The van der Waals surface area contributed by atoms with Crippen molar-refractivity contribution in [3.05, 3.63) is 38.4 Å². The van der Waals surface area contributed by atoms with Crippen molar-refractivity contribution in [3.8, 4) is 0 Å². The molecule has 0 aliphatic rings. The third kappa shape index (κ3) is 2.30. The molecule has 0 spiro atoms. The number of carbonyl (C=O) groups is 1. The van der Waals surface area contributed by atoms with Crippen LogP contribution in [0.5, 0.6) is 0 Å². The lowest BCUT2D eigenvalue weighted by molar-refractivity contribution is -0.385. The van der Waals surface area contributed by atoms with E-state index in [0.29, 0.717) is 0 Å². The van der Waals surface area contributed by atoms with Crippen LogP contribution in [-0.4, -0.2) is 17.5 Å². The Kier molecular flexibility index (Phi) is 3.84. The average Bonchev–Trinajstić information content (AvgIpc) is 2.17. The molecule has 0 aliphatic heterocycles. The summed E-state index contributed by atoms with van der Waals surface area (Å²) in [6.45, 7) is 3.35. The Hall–Kier alpha value is -1.62. The minimum atomic E-state index is -0.611. The number of ether oxygens (including phenoxy) is 1. The van der Waals surface area contributed by atoms with Crippen molar-refractivity contribution in [2.45, 2.75) is 13.8 Å². The van der Waals surface area contributed by atoms with Gasteiger partial charge in [0.15, 0.2) is 0 Å². The summed E-state index contributed by atoms with van der Waals surface area (Å²) < 4.78 is 4.78. The summed E-state index contributed by atoms with van der Waals surface area (Å²) in [6, 6.07) is 2.74. The molecule has 0 radical (unpaired) electrons. The average molecular weight is 244 g/mol. The smallest absolute Gasteiger partial charge is 0.338 e. The predicted octanol–water partition coefficient (Wildman–Crippen LogP) is 2.73. The van der Waals surface area contributed by atoms with Gasteiger partial charge < -0.3 is 4.74 Å². The van der Waals surface area contributed by atoms with Crippen LogP contribution in [0.4, 0.5) is 5.69 Å². The second kappa shape index (κ2) is 4.94. The van der Waals surface area contributed by atoms with Crippen LogP contribution in [0.25, 0.3) is 0 Å². The zero-order valence-corrected chi connectivity index (χ0v) is 9.58. The molecule has 0 N–H and O–H groups in total. The van der Waals surface area contributed by atoms with E-state index in [1.165, 1.54) is 19.1 Å². The van der Waals surface area contributed by atoms with Gasteiger partial charge in [-0.05, 0) is 26.0 Å². The summed E-state index contributed by atoms with van der Waals surface area (Å²) in [7, 11) is 0. The van der Waals surface area contributed by atoms with Crippen LogP contribution in [-0.2, 0) is 4.74 Å². The van der Waals surface area contributed by atoms with Gasteiger partial charge in [-0.1, -0.05) is 11.6 Å². The molecular weight excluding hydrogens is 234 g/mol. The number of rotatable bonds is 3. The summed E-state index contributed by atoms with van der Waals surface area (Å²) in [5.41, 5.74) is 0.126. The maximum absolute atomic E-state index is 11.5. The molecule has 0 unspecified atom stereocenters. The van der Waals surface area contributed by atoms with Gasteiger partial charge >= 0.3 is 5.97 Å². The number of hydrogen-bond donors (Lipinski definition) is 0. The van der Waals surface area contributed by atoms with Gasteiger partial charge in [-0.3, -0.25) is 10.1 Å². The van der Waals surface area contributed by atoms with Crippen LogP contribution >= 0.6 is 11.6 Å². The Morgan fingerprint density at radius 3 is 2.69 bits per heavy atom. The SMILES string of the molecule is CCOC(=O)c1ccc(Cl)c([N+](=O)[O-])c1C. The largest absolute Gasteiger partial charge is 0.462 e. The maximum Gasteiger partial charge on any atom is 0.338 e. The van der Waals surface area contributed by atoms with E-state index in [0.717, 1.165) is 0 Å². The van der Waals surface area contributed by atoms with E-state index >= 15 is 0 Å². The van der Waals surface area contributed by atoms with Crippen molar-refractivity contribution < 1.29 is 14.5 Å². The molecule has 86 valence electrons. The second-order valence-electron chi connectivity index (χ2n) is 3.05. The molecule has 16 heavy (non-hydrogen) atoms. The third-order valence-corrected chi connectivity index (χ3v) is 2.36. The molecule has 0 saturated carbocycles. The standard InChI is InChI=1S/C10H10ClNO4/c1-3-16-10(13)7-4-5-8(11)9(6(7)2)12(14)15/h4-5H,3H2,1-2H3. The van der Waals surface area contributed by atoms with Gasteiger partial charge in [0, 0.05) is 5.56 Å². The molecule has 0 amide bonds. The summed E-state index contributed by atoms with van der Waals surface area (Å²) in [5, 5.41) is 10.8. The van der Waals surface area contributed by atoms with Crippen LogP contribution in [0, 0.1) is 17.0 Å². The highest BCUT2D eigenvalue weighted by molar-refractivity contribution is 6.33. The van der Waals surface area contributed by atoms with Crippen molar-refractivity contribution >= 4 is 23.3 Å². The van der Waals surface area contributed by atoms with E-state index in [1.807, 2.05) is 0 Å².